The standard InChI is InChI=1S/C17H20N2O2/c1-3-11-19(14-9-7-13(18)8-10-14)17(21)15-5-4-6-16(20)12(15)2/h4-10,20H,3,11,18H2,1-2H3. The Morgan fingerprint density at radius 1 is 1.19 bits per heavy atom. The Morgan fingerprint density at radius 2 is 1.86 bits per heavy atom. The van der Waals surface area contributed by atoms with Gasteiger partial charge in [-0.15, -0.1) is 0 Å². The number of nitrogens with two attached hydrogens (primary N) is 1. The highest BCUT2D eigenvalue weighted by atomic mass is 16.3. The lowest BCUT2D eigenvalue weighted by Crippen LogP contribution is -2.32. The molecule has 4 heteroatoms. The van der Waals surface area contributed by atoms with Crippen LogP contribution >= 0.6 is 0 Å². The summed E-state index contributed by atoms with van der Waals surface area (Å²) in [5, 5.41) is 9.78. The first-order valence-corrected chi connectivity index (χ1v) is 7.00. The Morgan fingerprint density at radius 3 is 2.48 bits per heavy atom. The quantitative estimate of drug-likeness (QED) is 0.846. The van der Waals surface area contributed by atoms with Gasteiger partial charge in [0, 0.05) is 29.0 Å². The first kappa shape index (κ1) is 14.9. The van der Waals surface area contributed by atoms with E-state index in [2.05, 4.69) is 0 Å². The number of hydrogen-bond acceptors (Lipinski definition) is 3. The second kappa shape index (κ2) is 6.31. The number of rotatable bonds is 4. The first-order valence-electron chi connectivity index (χ1n) is 7.00. The van der Waals surface area contributed by atoms with Crippen molar-refractivity contribution in [1.82, 2.24) is 0 Å². The minimum atomic E-state index is -0.116. The van der Waals surface area contributed by atoms with Crippen molar-refractivity contribution in [2.24, 2.45) is 0 Å². The number of nitrogens with zero attached hydrogens (tertiary/aromatic N) is 1. The predicted molar refractivity (Wildman–Crippen MR) is 85.7 cm³/mol. The van der Waals surface area contributed by atoms with Crippen molar-refractivity contribution in [2.75, 3.05) is 17.2 Å². The molecular weight excluding hydrogens is 264 g/mol. The van der Waals surface area contributed by atoms with Crippen molar-refractivity contribution >= 4 is 17.3 Å². The third-order valence-corrected chi connectivity index (χ3v) is 3.43. The SMILES string of the molecule is CCCN(C(=O)c1cccc(O)c1C)c1ccc(N)cc1. The average Bonchev–Trinajstić information content (AvgIpc) is 2.48. The van der Waals surface area contributed by atoms with Gasteiger partial charge < -0.3 is 15.7 Å². The van der Waals surface area contributed by atoms with Crippen molar-refractivity contribution in [3.63, 3.8) is 0 Å². The fourth-order valence-corrected chi connectivity index (χ4v) is 2.23. The molecule has 2 aromatic rings. The minimum Gasteiger partial charge on any atom is -0.508 e. The largest absolute Gasteiger partial charge is 0.508 e. The summed E-state index contributed by atoms with van der Waals surface area (Å²) in [6, 6.07) is 12.2. The highest BCUT2D eigenvalue weighted by Crippen LogP contribution is 2.24. The zero-order valence-corrected chi connectivity index (χ0v) is 12.3. The van der Waals surface area contributed by atoms with Crippen LogP contribution in [0.4, 0.5) is 11.4 Å². The summed E-state index contributed by atoms with van der Waals surface area (Å²) in [5.41, 5.74) is 8.27. The van der Waals surface area contributed by atoms with Crippen LogP contribution in [0.5, 0.6) is 5.75 Å². The molecular formula is C17H20N2O2. The number of phenols is 1. The van der Waals surface area contributed by atoms with E-state index >= 15 is 0 Å². The summed E-state index contributed by atoms with van der Waals surface area (Å²) >= 11 is 0. The normalized spacial score (nSPS) is 10.4. The summed E-state index contributed by atoms with van der Waals surface area (Å²) < 4.78 is 0. The average molecular weight is 284 g/mol. The molecule has 2 rings (SSSR count). The zero-order chi connectivity index (χ0) is 15.4. The van der Waals surface area contributed by atoms with Crippen LogP contribution in [0.15, 0.2) is 42.5 Å². The molecule has 0 spiro atoms. The van der Waals surface area contributed by atoms with Crippen LogP contribution in [0, 0.1) is 6.92 Å². The molecule has 0 saturated heterocycles. The van der Waals surface area contributed by atoms with Gasteiger partial charge in [0.2, 0.25) is 0 Å². The first-order chi connectivity index (χ1) is 10.0. The van der Waals surface area contributed by atoms with Crippen LogP contribution in [0.2, 0.25) is 0 Å². The molecule has 0 aromatic heterocycles. The van der Waals surface area contributed by atoms with Gasteiger partial charge in [0.25, 0.3) is 5.91 Å². The molecule has 3 N–H and O–H groups in total. The smallest absolute Gasteiger partial charge is 0.258 e. The van der Waals surface area contributed by atoms with E-state index in [0.717, 1.165) is 12.1 Å². The summed E-state index contributed by atoms with van der Waals surface area (Å²) in [4.78, 5) is 14.5. The number of aromatic hydroxyl groups is 1. The van der Waals surface area contributed by atoms with E-state index in [1.54, 1.807) is 42.2 Å². The Kier molecular flexibility index (Phi) is 4.48. The molecule has 0 aliphatic rings. The van der Waals surface area contributed by atoms with Gasteiger partial charge in [0.1, 0.15) is 5.75 Å². The molecule has 110 valence electrons. The number of amides is 1. The fourth-order valence-electron chi connectivity index (χ4n) is 2.23. The maximum Gasteiger partial charge on any atom is 0.258 e. The van der Waals surface area contributed by atoms with Gasteiger partial charge in [0.15, 0.2) is 0 Å². The summed E-state index contributed by atoms with van der Waals surface area (Å²) in [6.07, 6.45) is 0.841. The van der Waals surface area contributed by atoms with E-state index in [0.29, 0.717) is 23.4 Å². The summed E-state index contributed by atoms with van der Waals surface area (Å²) in [7, 11) is 0. The van der Waals surface area contributed by atoms with E-state index in [1.165, 1.54) is 0 Å². The van der Waals surface area contributed by atoms with Crippen LogP contribution in [0.3, 0.4) is 0 Å². The lowest BCUT2D eigenvalue weighted by Gasteiger charge is -2.23. The number of nitrogen functional groups attached to an aromatic ring is 1. The summed E-state index contributed by atoms with van der Waals surface area (Å²) in [6.45, 7) is 4.38. The molecule has 21 heavy (non-hydrogen) atoms. The molecule has 4 nitrogen and oxygen atoms in total. The second-order valence-electron chi connectivity index (χ2n) is 5.00. The van der Waals surface area contributed by atoms with Crippen LogP contribution in [0.25, 0.3) is 0 Å². The number of benzene rings is 2. The van der Waals surface area contributed by atoms with Gasteiger partial charge in [-0.3, -0.25) is 4.79 Å². The van der Waals surface area contributed by atoms with E-state index in [4.69, 9.17) is 5.73 Å². The number of phenolic OH excluding ortho intramolecular Hbond substituents is 1. The lowest BCUT2D eigenvalue weighted by molar-refractivity contribution is 0.0986. The van der Waals surface area contributed by atoms with E-state index in [9.17, 15) is 9.90 Å². The number of anilines is 2. The van der Waals surface area contributed by atoms with Crippen molar-refractivity contribution in [3.05, 3.63) is 53.6 Å². The third-order valence-electron chi connectivity index (χ3n) is 3.43. The van der Waals surface area contributed by atoms with Gasteiger partial charge >= 0.3 is 0 Å². The molecule has 2 aromatic carbocycles. The van der Waals surface area contributed by atoms with Crippen LogP contribution < -0.4 is 10.6 Å². The molecule has 0 aliphatic heterocycles. The van der Waals surface area contributed by atoms with E-state index < -0.39 is 0 Å². The van der Waals surface area contributed by atoms with Crippen LogP contribution in [-0.4, -0.2) is 17.6 Å². The van der Waals surface area contributed by atoms with Crippen LogP contribution in [-0.2, 0) is 0 Å². The summed E-state index contributed by atoms with van der Waals surface area (Å²) in [5.74, 6) is 0.0182. The molecule has 0 bridgehead atoms. The van der Waals surface area contributed by atoms with Crippen molar-refractivity contribution in [2.45, 2.75) is 20.3 Å². The van der Waals surface area contributed by atoms with Crippen LogP contribution in [0.1, 0.15) is 29.3 Å². The molecule has 0 heterocycles. The molecule has 0 radical (unpaired) electrons. The molecule has 0 atom stereocenters. The van der Waals surface area contributed by atoms with Crippen molar-refractivity contribution < 1.29 is 9.90 Å². The maximum absolute atomic E-state index is 12.8. The highest BCUT2D eigenvalue weighted by molar-refractivity contribution is 6.07. The maximum atomic E-state index is 12.8. The van der Waals surface area contributed by atoms with Gasteiger partial charge in [-0.25, -0.2) is 0 Å². The monoisotopic (exact) mass is 284 g/mol. The number of hydrogen-bond donors (Lipinski definition) is 2. The zero-order valence-electron chi connectivity index (χ0n) is 12.3. The number of carbonyl (C=O) groups is 1. The predicted octanol–water partition coefficient (Wildman–Crippen LogP) is 3.34. The van der Waals surface area contributed by atoms with Gasteiger partial charge in [-0.1, -0.05) is 13.0 Å². The molecule has 1 amide bonds. The topological polar surface area (TPSA) is 66.6 Å². The van der Waals surface area contributed by atoms with Gasteiger partial charge in [-0.2, -0.15) is 0 Å². The van der Waals surface area contributed by atoms with Crippen molar-refractivity contribution in [1.29, 1.82) is 0 Å². The fraction of sp³-hybridized carbons (Fsp3) is 0.235. The molecule has 0 unspecified atom stereocenters. The Hall–Kier alpha value is -2.49. The highest BCUT2D eigenvalue weighted by Gasteiger charge is 2.19. The van der Waals surface area contributed by atoms with Gasteiger partial charge in [-0.05, 0) is 49.7 Å². The number of carbonyl (C=O) groups excluding carboxylic acids is 1. The Balaban J connectivity index is 2.40. The minimum absolute atomic E-state index is 0.116. The molecule has 0 saturated carbocycles. The molecule has 0 fully saturated rings. The molecule has 0 aliphatic carbocycles. The lowest BCUT2D eigenvalue weighted by atomic mass is 10.1. The Labute approximate surface area is 124 Å². The Bertz CT molecular complexity index is 636. The second-order valence-corrected chi connectivity index (χ2v) is 5.00. The van der Waals surface area contributed by atoms with E-state index in [-0.39, 0.29) is 11.7 Å². The van der Waals surface area contributed by atoms with Gasteiger partial charge in [0.05, 0.1) is 0 Å². The van der Waals surface area contributed by atoms with E-state index in [1.807, 2.05) is 19.1 Å². The third kappa shape index (κ3) is 3.16. The van der Waals surface area contributed by atoms with Crippen molar-refractivity contribution in [3.8, 4) is 5.75 Å².